The number of hydrogen-bond acceptors (Lipinski definition) is 6. The predicted molar refractivity (Wildman–Crippen MR) is 223 cm³/mol. The molecule has 54 heavy (non-hydrogen) atoms. The summed E-state index contributed by atoms with van der Waals surface area (Å²) < 4.78 is 0. The molecule has 9 nitrogen and oxygen atoms in total. The van der Waals surface area contributed by atoms with Gasteiger partial charge in [0.2, 0.25) is 16.3 Å². The number of H-pyrrole nitrogens is 3. The lowest BCUT2D eigenvalue weighted by Gasteiger charge is -2.08. The van der Waals surface area contributed by atoms with Crippen molar-refractivity contribution in [2.24, 2.45) is 0 Å². The van der Waals surface area contributed by atoms with E-state index < -0.39 is 0 Å². The first-order valence-corrected chi connectivity index (χ1v) is 17.2. The highest BCUT2D eigenvalue weighted by atomic mass is 16.1. The first-order valence-electron chi connectivity index (χ1n) is 17.2. The number of aromatic nitrogens is 3. The van der Waals surface area contributed by atoms with E-state index in [4.69, 9.17) is 17.2 Å². The van der Waals surface area contributed by atoms with Crippen molar-refractivity contribution in [1.82, 2.24) is 15.0 Å². The highest BCUT2D eigenvalue weighted by Gasteiger charge is 2.12. The lowest BCUT2D eigenvalue weighted by atomic mass is 10.1. The Labute approximate surface area is 309 Å². The maximum absolute atomic E-state index is 12.2. The van der Waals surface area contributed by atoms with E-state index in [0.717, 1.165) is 33.2 Å². The van der Waals surface area contributed by atoms with Crippen molar-refractivity contribution < 1.29 is 0 Å². The Morgan fingerprint density at radius 3 is 0.778 bits per heavy atom. The van der Waals surface area contributed by atoms with E-state index in [-0.39, 0.29) is 33.3 Å². The van der Waals surface area contributed by atoms with Crippen molar-refractivity contribution in [3.63, 3.8) is 0 Å². The minimum atomic E-state index is -0.122. The summed E-state index contributed by atoms with van der Waals surface area (Å²) in [5.74, 6) is 0. The molecule has 0 bridgehead atoms. The molecule has 0 aliphatic rings. The third-order valence-corrected chi connectivity index (χ3v) is 9.02. The van der Waals surface area contributed by atoms with Gasteiger partial charge in [-0.15, -0.1) is 0 Å². The van der Waals surface area contributed by atoms with Crippen molar-refractivity contribution in [2.75, 3.05) is 17.2 Å². The van der Waals surface area contributed by atoms with Crippen LogP contribution in [0, 0.1) is 0 Å². The number of nitrogens with one attached hydrogen (secondary N) is 3. The van der Waals surface area contributed by atoms with Crippen molar-refractivity contribution in [3.05, 3.63) is 194 Å². The first kappa shape index (κ1) is 34.8. The molecule has 9 heteroatoms. The summed E-state index contributed by atoms with van der Waals surface area (Å²) in [6.07, 6.45) is 0. The molecular formula is C45H36N6O3. The first-order chi connectivity index (χ1) is 26.3. The van der Waals surface area contributed by atoms with Crippen LogP contribution < -0.4 is 33.5 Å². The van der Waals surface area contributed by atoms with Crippen LogP contribution in [0.25, 0.3) is 66.5 Å². The van der Waals surface area contributed by atoms with Gasteiger partial charge in [-0.05, 0) is 36.4 Å². The SMILES string of the molecule is Nc1c(-c2ccccc2)[nH]c2ccccc2c1=O.Nc1c(-c2ccccc2)[nH]c2ccccc2c1=O.Nc1c(-c2ccccc2)[nH]c2ccccc2c1=O. The normalized spacial score (nSPS) is 10.7. The van der Waals surface area contributed by atoms with Gasteiger partial charge in [-0.1, -0.05) is 127 Å². The third kappa shape index (κ3) is 6.97. The van der Waals surface area contributed by atoms with E-state index in [9.17, 15) is 14.4 Å². The number of nitrogens with two attached hydrogens (primary N) is 3. The van der Waals surface area contributed by atoms with Gasteiger partial charge in [0.15, 0.2) is 0 Å². The van der Waals surface area contributed by atoms with Crippen LogP contribution in [-0.2, 0) is 0 Å². The van der Waals surface area contributed by atoms with Crippen LogP contribution >= 0.6 is 0 Å². The fraction of sp³-hybridized carbons (Fsp3) is 0. The number of benzene rings is 6. The van der Waals surface area contributed by atoms with E-state index in [2.05, 4.69) is 15.0 Å². The van der Waals surface area contributed by atoms with E-state index in [1.54, 1.807) is 18.2 Å². The zero-order valence-electron chi connectivity index (χ0n) is 29.0. The molecule has 0 radical (unpaired) electrons. The van der Waals surface area contributed by atoms with Crippen LogP contribution in [0.3, 0.4) is 0 Å². The zero-order chi connectivity index (χ0) is 37.6. The number of aromatic amines is 3. The molecule has 264 valence electrons. The summed E-state index contributed by atoms with van der Waals surface area (Å²) in [5.41, 5.74) is 25.4. The highest BCUT2D eigenvalue weighted by Crippen LogP contribution is 2.26. The summed E-state index contributed by atoms with van der Waals surface area (Å²) in [7, 11) is 0. The predicted octanol–water partition coefficient (Wildman–Crippen LogP) is 8.33. The average Bonchev–Trinajstić information content (AvgIpc) is 3.23. The molecule has 0 fully saturated rings. The smallest absolute Gasteiger partial charge is 0.212 e. The van der Waals surface area contributed by atoms with E-state index in [0.29, 0.717) is 33.2 Å². The van der Waals surface area contributed by atoms with Crippen LogP contribution in [-0.4, -0.2) is 15.0 Å². The van der Waals surface area contributed by atoms with Crippen LogP contribution in [0.2, 0.25) is 0 Å². The molecule has 6 aromatic carbocycles. The monoisotopic (exact) mass is 708 g/mol. The standard InChI is InChI=1S/3C15H12N2O/c3*16-13-14(10-6-2-1-3-7-10)17-12-9-5-4-8-11(12)15(13)18/h3*1-9H,16H2,(H,17,18). The fourth-order valence-electron chi connectivity index (χ4n) is 6.25. The van der Waals surface area contributed by atoms with E-state index in [1.807, 2.05) is 146 Å². The molecule has 0 saturated carbocycles. The fourth-order valence-corrected chi connectivity index (χ4v) is 6.25. The number of para-hydroxylation sites is 3. The van der Waals surface area contributed by atoms with Gasteiger partial charge in [-0.2, -0.15) is 0 Å². The largest absolute Gasteiger partial charge is 0.394 e. The van der Waals surface area contributed by atoms with Crippen LogP contribution in [0.15, 0.2) is 178 Å². The summed E-state index contributed by atoms with van der Waals surface area (Å²) in [5, 5.41) is 1.86. The molecule has 0 saturated heterocycles. The average molecular weight is 709 g/mol. The Morgan fingerprint density at radius 1 is 0.296 bits per heavy atom. The minimum Gasteiger partial charge on any atom is -0.394 e. The van der Waals surface area contributed by atoms with Crippen LogP contribution in [0.4, 0.5) is 17.1 Å². The molecular weight excluding hydrogens is 673 g/mol. The number of anilines is 3. The number of hydrogen-bond donors (Lipinski definition) is 6. The molecule has 9 rings (SSSR count). The molecule has 0 aliphatic heterocycles. The van der Waals surface area contributed by atoms with Gasteiger partial charge in [-0.3, -0.25) is 14.4 Å². The maximum Gasteiger partial charge on any atom is 0.212 e. The molecule has 0 atom stereocenters. The van der Waals surface area contributed by atoms with Crippen molar-refractivity contribution >= 4 is 49.8 Å². The number of rotatable bonds is 3. The second-order valence-corrected chi connectivity index (χ2v) is 12.5. The molecule has 9 N–H and O–H groups in total. The van der Waals surface area contributed by atoms with Gasteiger partial charge in [0.1, 0.15) is 17.1 Å². The quantitative estimate of drug-likeness (QED) is 0.107. The van der Waals surface area contributed by atoms with Crippen LogP contribution in [0.5, 0.6) is 0 Å². The van der Waals surface area contributed by atoms with Crippen LogP contribution in [0.1, 0.15) is 0 Å². The summed E-state index contributed by atoms with van der Waals surface area (Å²) in [4.78, 5) is 46.2. The minimum absolute atomic E-state index is 0.122. The Hall–Kier alpha value is -7.65. The molecule has 3 aromatic heterocycles. The van der Waals surface area contributed by atoms with Gasteiger partial charge < -0.3 is 32.2 Å². The highest BCUT2D eigenvalue weighted by molar-refractivity contribution is 5.90. The van der Waals surface area contributed by atoms with Crippen molar-refractivity contribution in [3.8, 4) is 33.8 Å². The molecule has 0 unspecified atom stereocenters. The van der Waals surface area contributed by atoms with Crippen molar-refractivity contribution in [1.29, 1.82) is 0 Å². The molecule has 0 amide bonds. The summed E-state index contributed by atoms with van der Waals surface area (Å²) >= 11 is 0. The van der Waals surface area contributed by atoms with E-state index >= 15 is 0 Å². The Morgan fingerprint density at radius 2 is 0.519 bits per heavy atom. The summed E-state index contributed by atoms with van der Waals surface area (Å²) in [6.45, 7) is 0. The number of nitrogen functional groups attached to an aromatic ring is 3. The van der Waals surface area contributed by atoms with Gasteiger partial charge in [-0.25, -0.2) is 0 Å². The van der Waals surface area contributed by atoms with Gasteiger partial charge in [0.25, 0.3) is 0 Å². The lowest BCUT2D eigenvalue weighted by Crippen LogP contribution is -2.11. The summed E-state index contributed by atoms with van der Waals surface area (Å²) in [6, 6.07) is 51.0. The number of pyridine rings is 3. The van der Waals surface area contributed by atoms with Crippen molar-refractivity contribution in [2.45, 2.75) is 0 Å². The van der Waals surface area contributed by atoms with Gasteiger partial charge in [0.05, 0.1) is 17.1 Å². The topological polar surface area (TPSA) is 177 Å². The molecule has 0 spiro atoms. The Balaban J connectivity index is 0.000000125. The second kappa shape index (κ2) is 15.3. The van der Waals surface area contributed by atoms with Gasteiger partial charge >= 0.3 is 0 Å². The third-order valence-electron chi connectivity index (χ3n) is 9.02. The van der Waals surface area contributed by atoms with Gasteiger partial charge in [0, 0.05) is 49.4 Å². The molecule has 3 heterocycles. The lowest BCUT2D eigenvalue weighted by molar-refractivity contribution is 1.38. The molecule has 9 aromatic rings. The number of fused-ring (bicyclic) bond motifs is 3. The Kier molecular flexibility index (Phi) is 9.86. The molecule has 0 aliphatic carbocycles. The second-order valence-electron chi connectivity index (χ2n) is 12.5. The maximum atomic E-state index is 12.2. The zero-order valence-corrected chi connectivity index (χ0v) is 29.0. The Bertz CT molecular complexity index is 2600. The van der Waals surface area contributed by atoms with E-state index in [1.165, 1.54) is 0 Å².